The first kappa shape index (κ1) is 9.36. The average Bonchev–Trinajstić information content (AvgIpc) is 2.45. The molecule has 70 valence electrons. The topological polar surface area (TPSA) is 38.3 Å². The molecule has 0 aromatic heterocycles. The first-order valence-electron chi connectivity index (χ1n) is 4.77. The van der Waals surface area contributed by atoms with Crippen LogP contribution in [0.3, 0.4) is 0 Å². The molecule has 1 fully saturated rings. The summed E-state index contributed by atoms with van der Waals surface area (Å²) >= 11 is 0. The number of nitrogens with one attached hydrogen (secondary N) is 1. The molecular formula is C9H17NO2. The van der Waals surface area contributed by atoms with E-state index in [4.69, 9.17) is 4.74 Å². The Morgan fingerprint density at radius 2 is 2.33 bits per heavy atom. The smallest absolute Gasteiger partial charge is 0.407 e. The second kappa shape index (κ2) is 5.01. The van der Waals surface area contributed by atoms with Crippen molar-refractivity contribution in [3.63, 3.8) is 0 Å². The Morgan fingerprint density at radius 3 is 2.92 bits per heavy atom. The molecule has 3 nitrogen and oxygen atoms in total. The van der Waals surface area contributed by atoms with Crippen LogP contribution in [0.25, 0.3) is 0 Å². The Hall–Kier alpha value is -0.730. The SMILES string of the molecule is CCCCCCC1CNC(=O)O1. The standard InChI is InChI=1S/C9H17NO2/c1-2-3-4-5-6-8-7-10-9(11)12-8/h8H,2-7H2,1H3,(H,10,11). The summed E-state index contributed by atoms with van der Waals surface area (Å²) < 4.78 is 4.99. The van der Waals surface area contributed by atoms with E-state index in [1.165, 1.54) is 25.7 Å². The number of amides is 1. The molecule has 1 aliphatic rings. The highest BCUT2D eigenvalue weighted by Crippen LogP contribution is 2.10. The largest absolute Gasteiger partial charge is 0.444 e. The number of carbonyl (C=O) groups is 1. The number of alkyl carbamates (subject to hydrolysis) is 1. The molecule has 1 amide bonds. The van der Waals surface area contributed by atoms with Crippen LogP contribution in [0.4, 0.5) is 4.79 Å². The fourth-order valence-corrected chi connectivity index (χ4v) is 1.39. The first-order chi connectivity index (χ1) is 5.83. The lowest BCUT2D eigenvalue weighted by Crippen LogP contribution is -2.14. The minimum atomic E-state index is -0.254. The van der Waals surface area contributed by atoms with Gasteiger partial charge in [-0.25, -0.2) is 4.79 Å². The van der Waals surface area contributed by atoms with Gasteiger partial charge in [0.2, 0.25) is 0 Å². The van der Waals surface area contributed by atoms with Crippen LogP contribution in [0.1, 0.15) is 39.0 Å². The Bertz CT molecular complexity index is 147. The predicted octanol–water partition coefficient (Wildman–Crippen LogP) is 2.07. The molecule has 0 aromatic carbocycles. The zero-order valence-corrected chi connectivity index (χ0v) is 7.64. The summed E-state index contributed by atoms with van der Waals surface area (Å²) in [5.41, 5.74) is 0. The van der Waals surface area contributed by atoms with E-state index in [1.54, 1.807) is 0 Å². The van der Waals surface area contributed by atoms with Gasteiger partial charge >= 0.3 is 6.09 Å². The van der Waals surface area contributed by atoms with Crippen molar-refractivity contribution in [2.45, 2.75) is 45.1 Å². The molecule has 0 aromatic rings. The number of hydrogen-bond donors (Lipinski definition) is 1. The van der Waals surface area contributed by atoms with Gasteiger partial charge in [-0.2, -0.15) is 0 Å². The summed E-state index contributed by atoms with van der Waals surface area (Å²) in [5, 5.41) is 2.65. The number of hydrogen-bond acceptors (Lipinski definition) is 2. The molecular weight excluding hydrogens is 154 g/mol. The van der Waals surface area contributed by atoms with Gasteiger partial charge in [-0.1, -0.05) is 26.2 Å². The second-order valence-corrected chi connectivity index (χ2v) is 3.26. The molecule has 0 spiro atoms. The molecule has 0 saturated carbocycles. The highest BCUT2D eigenvalue weighted by atomic mass is 16.6. The lowest BCUT2D eigenvalue weighted by atomic mass is 10.1. The summed E-state index contributed by atoms with van der Waals surface area (Å²) in [6.07, 6.45) is 5.86. The highest BCUT2D eigenvalue weighted by molar-refractivity contribution is 5.69. The number of carbonyl (C=O) groups excluding carboxylic acids is 1. The summed E-state index contributed by atoms with van der Waals surface area (Å²) in [4.78, 5) is 10.6. The predicted molar refractivity (Wildman–Crippen MR) is 47.0 cm³/mol. The molecule has 0 bridgehead atoms. The van der Waals surface area contributed by atoms with E-state index in [-0.39, 0.29) is 12.2 Å². The van der Waals surface area contributed by atoms with Gasteiger partial charge in [0.15, 0.2) is 0 Å². The van der Waals surface area contributed by atoms with E-state index >= 15 is 0 Å². The zero-order valence-electron chi connectivity index (χ0n) is 7.64. The molecule has 12 heavy (non-hydrogen) atoms. The average molecular weight is 171 g/mol. The van der Waals surface area contributed by atoms with Crippen LogP contribution in [0.15, 0.2) is 0 Å². The lowest BCUT2D eigenvalue weighted by Gasteiger charge is -2.05. The van der Waals surface area contributed by atoms with Crippen molar-refractivity contribution in [2.24, 2.45) is 0 Å². The Balaban J connectivity index is 1.97. The molecule has 3 heteroatoms. The van der Waals surface area contributed by atoms with E-state index in [2.05, 4.69) is 12.2 Å². The van der Waals surface area contributed by atoms with Gasteiger partial charge < -0.3 is 10.1 Å². The lowest BCUT2D eigenvalue weighted by molar-refractivity contribution is 0.134. The quantitative estimate of drug-likeness (QED) is 0.643. The normalized spacial score (nSPS) is 22.1. The third-order valence-electron chi connectivity index (χ3n) is 2.13. The Kier molecular flexibility index (Phi) is 3.91. The maximum atomic E-state index is 10.6. The van der Waals surface area contributed by atoms with E-state index < -0.39 is 0 Å². The van der Waals surface area contributed by atoms with E-state index in [0.717, 1.165) is 6.42 Å². The van der Waals surface area contributed by atoms with E-state index in [9.17, 15) is 4.79 Å². The Labute approximate surface area is 73.5 Å². The maximum absolute atomic E-state index is 10.6. The van der Waals surface area contributed by atoms with Gasteiger partial charge in [-0.3, -0.25) is 0 Å². The van der Waals surface area contributed by atoms with Gasteiger partial charge in [0, 0.05) is 0 Å². The van der Waals surface area contributed by atoms with E-state index in [1.807, 2.05) is 0 Å². The minimum absolute atomic E-state index is 0.134. The number of cyclic esters (lactones) is 1. The summed E-state index contributed by atoms with van der Waals surface area (Å²) in [5.74, 6) is 0. The molecule has 1 N–H and O–H groups in total. The summed E-state index contributed by atoms with van der Waals surface area (Å²) in [6.45, 7) is 2.89. The molecule has 1 heterocycles. The van der Waals surface area contributed by atoms with Crippen LogP contribution in [0.2, 0.25) is 0 Å². The monoisotopic (exact) mass is 171 g/mol. The zero-order chi connectivity index (χ0) is 8.81. The van der Waals surface area contributed by atoms with Crippen molar-refractivity contribution < 1.29 is 9.53 Å². The van der Waals surface area contributed by atoms with E-state index in [0.29, 0.717) is 6.54 Å². The van der Waals surface area contributed by atoms with Crippen LogP contribution in [-0.2, 0) is 4.74 Å². The fourth-order valence-electron chi connectivity index (χ4n) is 1.39. The Morgan fingerprint density at radius 1 is 1.50 bits per heavy atom. The van der Waals surface area contributed by atoms with Crippen LogP contribution in [0, 0.1) is 0 Å². The molecule has 1 saturated heterocycles. The van der Waals surface area contributed by atoms with Crippen LogP contribution in [-0.4, -0.2) is 18.7 Å². The molecule has 1 atom stereocenters. The van der Waals surface area contributed by atoms with Crippen LogP contribution < -0.4 is 5.32 Å². The van der Waals surface area contributed by atoms with Crippen molar-refractivity contribution in [1.82, 2.24) is 5.32 Å². The van der Waals surface area contributed by atoms with Crippen LogP contribution >= 0.6 is 0 Å². The first-order valence-corrected chi connectivity index (χ1v) is 4.77. The summed E-state index contributed by atoms with van der Waals surface area (Å²) in [7, 11) is 0. The third kappa shape index (κ3) is 3.11. The third-order valence-corrected chi connectivity index (χ3v) is 2.13. The van der Waals surface area contributed by atoms with Gasteiger partial charge in [0.25, 0.3) is 0 Å². The van der Waals surface area contributed by atoms with Gasteiger partial charge in [-0.15, -0.1) is 0 Å². The van der Waals surface area contributed by atoms with Crippen molar-refractivity contribution in [3.8, 4) is 0 Å². The molecule has 1 unspecified atom stereocenters. The van der Waals surface area contributed by atoms with Crippen molar-refractivity contribution in [1.29, 1.82) is 0 Å². The number of unbranched alkanes of at least 4 members (excludes halogenated alkanes) is 3. The van der Waals surface area contributed by atoms with Crippen molar-refractivity contribution >= 4 is 6.09 Å². The van der Waals surface area contributed by atoms with Crippen LogP contribution in [0.5, 0.6) is 0 Å². The molecule has 1 aliphatic heterocycles. The summed E-state index contributed by atoms with van der Waals surface area (Å²) in [6, 6.07) is 0. The fraction of sp³-hybridized carbons (Fsp3) is 0.889. The van der Waals surface area contributed by atoms with Crippen molar-refractivity contribution in [2.75, 3.05) is 6.54 Å². The maximum Gasteiger partial charge on any atom is 0.407 e. The van der Waals surface area contributed by atoms with Gasteiger partial charge in [0.1, 0.15) is 6.10 Å². The van der Waals surface area contributed by atoms with Gasteiger partial charge in [-0.05, 0) is 12.8 Å². The molecule has 0 radical (unpaired) electrons. The minimum Gasteiger partial charge on any atom is -0.444 e. The molecule has 0 aliphatic carbocycles. The number of ether oxygens (including phenoxy) is 1. The van der Waals surface area contributed by atoms with Gasteiger partial charge in [0.05, 0.1) is 6.54 Å². The van der Waals surface area contributed by atoms with Crippen molar-refractivity contribution in [3.05, 3.63) is 0 Å². The second-order valence-electron chi connectivity index (χ2n) is 3.26. The number of rotatable bonds is 5. The highest BCUT2D eigenvalue weighted by Gasteiger charge is 2.21. The molecule has 1 rings (SSSR count).